The topological polar surface area (TPSA) is 96.9 Å². The first-order valence-electron chi connectivity index (χ1n) is 5.57. The molecule has 0 aromatic heterocycles. The van der Waals surface area contributed by atoms with E-state index in [4.69, 9.17) is 15.7 Å². The monoisotopic (exact) mass is 227 g/mol. The zero-order valence-electron chi connectivity index (χ0n) is 9.11. The first-order valence-corrected chi connectivity index (χ1v) is 5.57. The summed E-state index contributed by atoms with van der Waals surface area (Å²) < 4.78 is 5.40. The van der Waals surface area contributed by atoms with E-state index in [1.54, 1.807) is 0 Å². The molecule has 90 valence electrons. The zero-order chi connectivity index (χ0) is 11.6. The highest BCUT2D eigenvalue weighted by molar-refractivity contribution is 6.09. The molecule has 1 aliphatic heterocycles. The summed E-state index contributed by atoms with van der Waals surface area (Å²) in [5.74, 6) is -0.143. The van der Waals surface area contributed by atoms with Gasteiger partial charge in [0.2, 0.25) is 5.91 Å². The predicted molar refractivity (Wildman–Crippen MR) is 57.1 cm³/mol. The SMILES string of the molecule is NC(=NO)C1(C(=O)NCC2CCCO2)CC1. The Labute approximate surface area is 93.8 Å². The number of nitrogens with two attached hydrogens (primary N) is 1. The van der Waals surface area contributed by atoms with Crippen molar-refractivity contribution in [3.8, 4) is 0 Å². The van der Waals surface area contributed by atoms with Gasteiger partial charge in [-0.2, -0.15) is 0 Å². The minimum absolute atomic E-state index is 0.0114. The van der Waals surface area contributed by atoms with E-state index in [-0.39, 0.29) is 17.8 Å². The Hall–Kier alpha value is -1.30. The van der Waals surface area contributed by atoms with Crippen molar-refractivity contribution in [1.82, 2.24) is 5.32 Å². The summed E-state index contributed by atoms with van der Waals surface area (Å²) in [6.07, 6.45) is 3.45. The van der Waals surface area contributed by atoms with Crippen LogP contribution in [0.15, 0.2) is 5.16 Å². The van der Waals surface area contributed by atoms with E-state index in [1.165, 1.54) is 0 Å². The summed E-state index contributed by atoms with van der Waals surface area (Å²) in [5.41, 5.74) is 4.75. The molecule has 0 spiro atoms. The second-order valence-corrected chi connectivity index (χ2v) is 4.41. The van der Waals surface area contributed by atoms with Gasteiger partial charge >= 0.3 is 0 Å². The van der Waals surface area contributed by atoms with Gasteiger partial charge in [-0.05, 0) is 25.7 Å². The van der Waals surface area contributed by atoms with Crippen molar-refractivity contribution >= 4 is 11.7 Å². The number of rotatable bonds is 4. The molecule has 1 aliphatic carbocycles. The summed E-state index contributed by atoms with van der Waals surface area (Å²) >= 11 is 0. The van der Waals surface area contributed by atoms with Gasteiger partial charge in [0.15, 0.2) is 5.84 Å². The van der Waals surface area contributed by atoms with Crippen LogP contribution in [0.5, 0.6) is 0 Å². The summed E-state index contributed by atoms with van der Waals surface area (Å²) in [4.78, 5) is 11.8. The molecule has 1 atom stereocenters. The molecule has 0 aromatic rings. The fraction of sp³-hybridized carbons (Fsp3) is 0.800. The van der Waals surface area contributed by atoms with Gasteiger partial charge in [-0.25, -0.2) is 0 Å². The lowest BCUT2D eigenvalue weighted by Crippen LogP contribution is -2.43. The maximum atomic E-state index is 11.8. The summed E-state index contributed by atoms with van der Waals surface area (Å²) in [7, 11) is 0. The van der Waals surface area contributed by atoms with Crippen molar-refractivity contribution in [3.05, 3.63) is 0 Å². The summed E-state index contributed by atoms with van der Waals surface area (Å²) in [6.45, 7) is 1.28. The largest absolute Gasteiger partial charge is 0.409 e. The number of carbonyl (C=O) groups is 1. The van der Waals surface area contributed by atoms with Crippen LogP contribution in [0.2, 0.25) is 0 Å². The highest BCUT2D eigenvalue weighted by Crippen LogP contribution is 2.46. The molecule has 0 aromatic carbocycles. The molecule has 2 aliphatic rings. The minimum Gasteiger partial charge on any atom is -0.409 e. The Morgan fingerprint density at radius 3 is 2.88 bits per heavy atom. The first-order chi connectivity index (χ1) is 7.69. The van der Waals surface area contributed by atoms with E-state index in [0.29, 0.717) is 19.4 Å². The molecule has 1 saturated carbocycles. The number of nitrogens with one attached hydrogen (secondary N) is 1. The van der Waals surface area contributed by atoms with E-state index in [9.17, 15) is 4.79 Å². The molecule has 1 heterocycles. The van der Waals surface area contributed by atoms with Gasteiger partial charge in [-0.15, -0.1) is 0 Å². The van der Waals surface area contributed by atoms with Crippen LogP contribution in [0.3, 0.4) is 0 Å². The van der Waals surface area contributed by atoms with Gasteiger partial charge in [0.05, 0.1) is 6.10 Å². The van der Waals surface area contributed by atoms with Crippen LogP contribution >= 0.6 is 0 Å². The van der Waals surface area contributed by atoms with Crippen molar-refractivity contribution < 1.29 is 14.7 Å². The number of oxime groups is 1. The van der Waals surface area contributed by atoms with Crippen LogP contribution in [0.4, 0.5) is 0 Å². The van der Waals surface area contributed by atoms with E-state index < -0.39 is 5.41 Å². The van der Waals surface area contributed by atoms with E-state index in [1.807, 2.05) is 0 Å². The molecule has 6 heteroatoms. The smallest absolute Gasteiger partial charge is 0.234 e. The second-order valence-electron chi connectivity index (χ2n) is 4.41. The lowest BCUT2D eigenvalue weighted by Gasteiger charge is -2.15. The van der Waals surface area contributed by atoms with Gasteiger partial charge in [-0.1, -0.05) is 5.16 Å². The number of amidine groups is 1. The fourth-order valence-corrected chi connectivity index (χ4v) is 2.00. The maximum absolute atomic E-state index is 11.8. The predicted octanol–water partition coefficient (Wildman–Crippen LogP) is -0.192. The Balaban J connectivity index is 1.83. The number of amides is 1. The van der Waals surface area contributed by atoms with Crippen LogP contribution in [0.1, 0.15) is 25.7 Å². The Kier molecular flexibility index (Phi) is 3.00. The Morgan fingerprint density at radius 2 is 2.38 bits per heavy atom. The normalized spacial score (nSPS) is 27.8. The Bertz CT molecular complexity index is 306. The molecule has 0 radical (unpaired) electrons. The third kappa shape index (κ3) is 1.97. The molecule has 2 rings (SSSR count). The average molecular weight is 227 g/mol. The molecule has 1 saturated heterocycles. The third-order valence-electron chi connectivity index (χ3n) is 3.30. The number of hydrogen-bond donors (Lipinski definition) is 3. The number of nitrogens with zero attached hydrogens (tertiary/aromatic N) is 1. The van der Waals surface area contributed by atoms with Crippen LogP contribution in [-0.2, 0) is 9.53 Å². The first kappa shape index (κ1) is 11.2. The van der Waals surface area contributed by atoms with Crippen molar-refractivity contribution in [1.29, 1.82) is 0 Å². The molecular formula is C10H17N3O3. The average Bonchev–Trinajstić information content (AvgIpc) is 2.95. The van der Waals surface area contributed by atoms with E-state index >= 15 is 0 Å². The third-order valence-corrected chi connectivity index (χ3v) is 3.30. The molecule has 6 nitrogen and oxygen atoms in total. The van der Waals surface area contributed by atoms with Crippen molar-refractivity contribution in [2.75, 3.05) is 13.2 Å². The van der Waals surface area contributed by atoms with E-state index in [2.05, 4.69) is 10.5 Å². The molecule has 16 heavy (non-hydrogen) atoms. The molecule has 1 amide bonds. The van der Waals surface area contributed by atoms with E-state index in [0.717, 1.165) is 19.4 Å². The van der Waals surface area contributed by atoms with Crippen LogP contribution in [0, 0.1) is 5.41 Å². The second kappa shape index (κ2) is 4.29. The maximum Gasteiger partial charge on any atom is 0.234 e. The summed E-state index contributed by atoms with van der Waals surface area (Å²) in [5, 5.41) is 14.3. The van der Waals surface area contributed by atoms with Crippen LogP contribution < -0.4 is 11.1 Å². The standard InChI is InChI=1S/C10H17N3O3/c11-8(13-15)10(3-4-10)9(14)12-6-7-2-1-5-16-7/h7,15H,1-6H2,(H2,11,13)(H,12,14). The molecule has 1 unspecified atom stereocenters. The minimum atomic E-state index is -0.757. The van der Waals surface area contributed by atoms with Gasteiger partial charge < -0.3 is 21.0 Å². The molecule has 2 fully saturated rings. The zero-order valence-corrected chi connectivity index (χ0v) is 9.11. The summed E-state index contributed by atoms with van der Waals surface area (Å²) in [6, 6.07) is 0. The highest BCUT2D eigenvalue weighted by atomic mass is 16.5. The number of ether oxygens (including phenoxy) is 1. The lowest BCUT2D eigenvalue weighted by molar-refractivity contribution is -0.124. The lowest BCUT2D eigenvalue weighted by atomic mass is 10.1. The number of carbonyl (C=O) groups excluding carboxylic acids is 1. The molecular weight excluding hydrogens is 210 g/mol. The Morgan fingerprint density at radius 1 is 1.62 bits per heavy atom. The van der Waals surface area contributed by atoms with Gasteiger partial charge in [0.1, 0.15) is 5.41 Å². The molecule has 4 N–H and O–H groups in total. The van der Waals surface area contributed by atoms with Crippen molar-refractivity contribution in [2.45, 2.75) is 31.8 Å². The fourth-order valence-electron chi connectivity index (χ4n) is 2.00. The van der Waals surface area contributed by atoms with Crippen LogP contribution in [0.25, 0.3) is 0 Å². The van der Waals surface area contributed by atoms with Crippen LogP contribution in [-0.4, -0.2) is 36.2 Å². The van der Waals surface area contributed by atoms with Gasteiger partial charge in [0, 0.05) is 13.2 Å². The van der Waals surface area contributed by atoms with Gasteiger partial charge in [-0.3, -0.25) is 4.79 Å². The van der Waals surface area contributed by atoms with Crippen molar-refractivity contribution in [3.63, 3.8) is 0 Å². The van der Waals surface area contributed by atoms with Gasteiger partial charge in [0.25, 0.3) is 0 Å². The van der Waals surface area contributed by atoms with Crippen molar-refractivity contribution in [2.24, 2.45) is 16.3 Å². The highest BCUT2D eigenvalue weighted by Gasteiger charge is 2.54. The number of hydrogen-bond acceptors (Lipinski definition) is 4. The molecule has 0 bridgehead atoms. The quantitative estimate of drug-likeness (QED) is 0.268.